The van der Waals surface area contributed by atoms with Gasteiger partial charge in [-0.15, -0.1) is 0 Å². The van der Waals surface area contributed by atoms with Crippen molar-refractivity contribution < 1.29 is 13.5 Å². The van der Waals surface area contributed by atoms with Gasteiger partial charge in [-0.3, -0.25) is 4.98 Å². The first-order valence-corrected chi connectivity index (χ1v) is 8.96. The van der Waals surface area contributed by atoms with E-state index in [-0.39, 0.29) is 12.4 Å². The number of nitrogens with one attached hydrogen (secondary N) is 1. The van der Waals surface area contributed by atoms with E-state index in [0.29, 0.717) is 12.1 Å². The maximum Gasteiger partial charge on any atom is 0.168 e. The molecule has 3 nitrogen and oxygen atoms in total. The highest BCUT2D eigenvalue weighted by molar-refractivity contribution is 5.44. The number of benzene rings is 2. The van der Waals surface area contributed by atoms with E-state index in [4.69, 9.17) is 4.74 Å². The maximum atomic E-state index is 14.5. The lowest BCUT2D eigenvalue weighted by molar-refractivity contribution is 0.280. The van der Waals surface area contributed by atoms with Crippen molar-refractivity contribution in [3.05, 3.63) is 95.3 Å². The first-order valence-electron chi connectivity index (χ1n) is 8.96. The number of halogens is 2. The Labute approximate surface area is 157 Å². The summed E-state index contributed by atoms with van der Waals surface area (Å²) in [5.41, 5.74) is 2.09. The standard InChI is InChI=1S/C22H20F2N2O/c23-18-12-19(22(8-9-22)26-14-16-6-10-25-11-7-16)21(20(24)13-18)27-15-17-4-2-1-3-5-17/h1-7,10-13,26H,8-9,14-15H2. The highest BCUT2D eigenvalue weighted by Gasteiger charge is 2.46. The summed E-state index contributed by atoms with van der Waals surface area (Å²) in [6.07, 6.45) is 5.07. The molecule has 2 aromatic carbocycles. The lowest BCUT2D eigenvalue weighted by Crippen LogP contribution is -2.29. The third-order valence-electron chi connectivity index (χ3n) is 4.88. The first-order chi connectivity index (χ1) is 13.2. The van der Waals surface area contributed by atoms with Gasteiger partial charge in [-0.1, -0.05) is 30.3 Å². The van der Waals surface area contributed by atoms with Crippen LogP contribution >= 0.6 is 0 Å². The molecule has 1 aliphatic carbocycles. The molecule has 0 spiro atoms. The number of rotatable bonds is 7. The molecule has 0 aliphatic heterocycles. The third-order valence-corrected chi connectivity index (χ3v) is 4.88. The average Bonchev–Trinajstić information content (AvgIpc) is 3.48. The second-order valence-corrected chi connectivity index (χ2v) is 6.83. The molecule has 3 aromatic rings. The molecule has 1 aliphatic rings. The van der Waals surface area contributed by atoms with Crippen molar-refractivity contribution in [3.8, 4) is 5.75 Å². The number of hydrogen-bond acceptors (Lipinski definition) is 3. The Morgan fingerprint density at radius 3 is 2.41 bits per heavy atom. The second kappa shape index (κ2) is 7.45. The predicted molar refractivity (Wildman–Crippen MR) is 99.1 cm³/mol. The summed E-state index contributed by atoms with van der Waals surface area (Å²) in [4.78, 5) is 4.01. The molecule has 1 aromatic heterocycles. The second-order valence-electron chi connectivity index (χ2n) is 6.83. The molecule has 1 fully saturated rings. The zero-order chi connectivity index (χ0) is 18.7. The third kappa shape index (κ3) is 3.98. The van der Waals surface area contributed by atoms with E-state index in [1.54, 1.807) is 12.4 Å². The highest BCUT2D eigenvalue weighted by atomic mass is 19.1. The van der Waals surface area contributed by atoms with Gasteiger partial charge in [0.25, 0.3) is 0 Å². The molecule has 0 unspecified atom stereocenters. The van der Waals surface area contributed by atoms with Crippen molar-refractivity contribution in [1.82, 2.24) is 10.3 Å². The molecule has 4 rings (SSSR count). The summed E-state index contributed by atoms with van der Waals surface area (Å²) >= 11 is 0. The number of aromatic nitrogens is 1. The monoisotopic (exact) mass is 366 g/mol. The molecule has 0 radical (unpaired) electrons. The van der Waals surface area contributed by atoms with Gasteiger partial charge in [0.15, 0.2) is 11.6 Å². The lowest BCUT2D eigenvalue weighted by atomic mass is 10.0. The van der Waals surface area contributed by atoms with Gasteiger partial charge in [-0.25, -0.2) is 8.78 Å². The molecule has 1 saturated carbocycles. The van der Waals surface area contributed by atoms with Gasteiger partial charge >= 0.3 is 0 Å². The van der Waals surface area contributed by atoms with Crippen molar-refractivity contribution >= 4 is 0 Å². The number of hydrogen-bond donors (Lipinski definition) is 1. The predicted octanol–water partition coefficient (Wildman–Crippen LogP) is 4.72. The molecule has 0 amide bonds. The summed E-state index contributed by atoms with van der Waals surface area (Å²) in [6, 6.07) is 15.6. The Morgan fingerprint density at radius 2 is 1.70 bits per heavy atom. The van der Waals surface area contributed by atoms with Crippen molar-refractivity contribution in [2.45, 2.75) is 31.5 Å². The van der Waals surface area contributed by atoms with Crippen molar-refractivity contribution in [2.24, 2.45) is 0 Å². The molecular weight excluding hydrogens is 346 g/mol. The van der Waals surface area contributed by atoms with Crippen LogP contribution in [0.1, 0.15) is 29.5 Å². The van der Waals surface area contributed by atoms with E-state index in [9.17, 15) is 8.78 Å². The van der Waals surface area contributed by atoms with Crippen LogP contribution in [-0.2, 0) is 18.7 Å². The Bertz CT molecular complexity index is 912. The van der Waals surface area contributed by atoms with E-state index in [2.05, 4.69) is 10.3 Å². The largest absolute Gasteiger partial charge is 0.485 e. The van der Waals surface area contributed by atoms with Gasteiger partial charge in [-0.2, -0.15) is 0 Å². The summed E-state index contributed by atoms with van der Waals surface area (Å²) < 4.78 is 34.3. The van der Waals surface area contributed by atoms with Crippen molar-refractivity contribution in [1.29, 1.82) is 0 Å². The van der Waals surface area contributed by atoms with Gasteiger partial charge in [0.05, 0.1) is 0 Å². The smallest absolute Gasteiger partial charge is 0.168 e. The molecule has 1 N–H and O–H groups in total. The Balaban J connectivity index is 1.57. The van der Waals surface area contributed by atoms with Crippen LogP contribution in [0.25, 0.3) is 0 Å². The summed E-state index contributed by atoms with van der Waals surface area (Å²) in [6.45, 7) is 0.829. The fourth-order valence-electron chi connectivity index (χ4n) is 3.23. The fourth-order valence-corrected chi connectivity index (χ4v) is 3.23. The SMILES string of the molecule is Fc1cc(F)c(OCc2ccccc2)c(C2(NCc3ccncc3)CC2)c1. The molecule has 0 bridgehead atoms. The topological polar surface area (TPSA) is 34.1 Å². The van der Waals surface area contributed by atoms with Crippen LogP contribution < -0.4 is 10.1 Å². The van der Waals surface area contributed by atoms with Crippen LogP contribution in [-0.4, -0.2) is 4.98 Å². The number of pyridine rings is 1. The first kappa shape index (κ1) is 17.6. The summed E-state index contributed by atoms with van der Waals surface area (Å²) in [5, 5.41) is 3.45. The normalized spacial score (nSPS) is 14.7. The van der Waals surface area contributed by atoms with Gasteiger partial charge in [0.2, 0.25) is 0 Å². The zero-order valence-electron chi connectivity index (χ0n) is 14.8. The van der Waals surface area contributed by atoms with E-state index in [1.165, 1.54) is 6.07 Å². The van der Waals surface area contributed by atoms with E-state index in [1.807, 2.05) is 42.5 Å². The van der Waals surface area contributed by atoms with Gasteiger partial charge in [0.1, 0.15) is 12.4 Å². The van der Waals surface area contributed by atoms with Crippen LogP contribution in [0.5, 0.6) is 5.75 Å². The van der Waals surface area contributed by atoms with E-state index < -0.39 is 17.2 Å². The molecule has 138 valence electrons. The Hall–Kier alpha value is -2.79. The maximum absolute atomic E-state index is 14.5. The van der Waals surface area contributed by atoms with Gasteiger partial charge in [0, 0.05) is 36.1 Å². The molecule has 0 atom stereocenters. The molecule has 5 heteroatoms. The van der Waals surface area contributed by atoms with Crippen LogP contribution in [0, 0.1) is 11.6 Å². The van der Waals surface area contributed by atoms with E-state index in [0.717, 1.165) is 30.0 Å². The van der Waals surface area contributed by atoms with Crippen LogP contribution in [0.15, 0.2) is 67.0 Å². The Morgan fingerprint density at radius 1 is 0.963 bits per heavy atom. The lowest BCUT2D eigenvalue weighted by Gasteiger charge is -2.22. The number of ether oxygens (including phenoxy) is 1. The summed E-state index contributed by atoms with van der Waals surface area (Å²) in [7, 11) is 0. The van der Waals surface area contributed by atoms with Gasteiger partial charge in [-0.05, 0) is 42.2 Å². The Kier molecular flexibility index (Phi) is 4.86. The van der Waals surface area contributed by atoms with Crippen LogP contribution in [0.3, 0.4) is 0 Å². The molecular formula is C22H20F2N2O. The van der Waals surface area contributed by atoms with Crippen molar-refractivity contribution in [2.75, 3.05) is 0 Å². The van der Waals surface area contributed by atoms with Crippen LogP contribution in [0.4, 0.5) is 8.78 Å². The minimum Gasteiger partial charge on any atom is -0.485 e. The summed E-state index contributed by atoms with van der Waals surface area (Å²) in [5.74, 6) is -1.13. The quantitative estimate of drug-likeness (QED) is 0.657. The highest BCUT2D eigenvalue weighted by Crippen LogP contribution is 2.50. The minimum absolute atomic E-state index is 0.125. The van der Waals surface area contributed by atoms with E-state index >= 15 is 0 Å². The molecule has 1 heterocycles. The molecule has 27 heavy (non-hydrogen) atoms. The van der Waals surface area contributed by atoms with Gasteiger partial charge < -0.3 is 10.1 Å². The minimum atomic E-state index is -0.669. The number of nitrogens with zero attached hydrogens (tertiary/aromatic N) is 1. The van der Waals surface area contributed by atoms with Crippen LogP contribution in [0.2, 0.25) is 0 Å². The average molecular weight is 366 g/mol. The van der Waals surface area contributed by atoms with Crippen molar-refractivity contribution in [3.63, 3.8) is 0 Å². The zero-order valence-corrected chi connectivity index (χ0v) is 14.8. The fraction of sp³-hybridized carbons (Fsp3) is 0.227. The molecule has 0 saturated heterocycles.